The van der Waals surface area contributed by atoms with Crippen molar-refractivity contribution in [2.75, 3.05) is 13.1 Å². The molecule has 3 N–H and O–H groups in total. The maximum atomic E-state index is 13.7. The summed E-state index contributed by atoms with van der Waals surface area (Å²) in [6.07, 6.45) is 9.87. The Morgan fingerprint density at radius 2 is 1.91 bits per heavy atom. The summed E-state index contributed by atoms with van der Waals surface area (Å²) in [5, 5.41) is 5.63. The number of fused-ring (bicyclic) bond motifs is 5. The molecule has 0 spiro atoms. The van der Waals surface area contributed by atoms with Gasteiger partial charge in [-0.25, -0.2) is 0 Å². The van der Waals surface area contributed by atoms with Crippen molar-refractivity contribution in [1.82, 2.24) is 10.2 Å². The molecule has 3 aliphatic heterocycles. The lowest BCUT2D eigenvalue weighted by Crippen LogP contribution is -2.98. The van der Waals surface area contributed by atoms with Gasteiger partial charge in [0.2, 0.25) is 11.8 Å². The first kappa shape index (κ1) is 22.6. The molecule has 2 amide bonds. The summed E-state index contributed by atoms with van der Waals surface area (Å²) in [6.45, 7) is 8.18. The molecule has 5 rings (SSSR count). The number of nitrogens with one attached hydrogen (secondary N) is 1. The SMILES string of the molecule is CC(C)CCNC(=O)[C@@H](C)OC1CCC2C(C1)C1CC[NH2+]C3C4CCCCC4C(=O)N2C13. The Kier molecular flexibility index (Phi) is 6.54. The van der Waals surface area contributed by atoms with Crippen LogP contribution in [0.4, 0.5) is 0 Å². The lowest BCUT2D eigenvalue weighted by molar-refractivity contribution is -0.713. The van der Waals surface area contributed by atoms with Gasteiger partial charge < -0.3 is 20.3 Å². The number of hydrogen-bond acceptors (Lipinski definition) is 3. The largest absolute Gasteiger partial charge is 0.365 e. The maximum absolute atomic E-state index is 13.7. The van der Waals surface area contributed by atoms with E-state index in [4.69, 9.17) is 4.74 Å². The number of quaternary nitrogens is 1. The molecule has 3 heterocycles. The molecule has 3 saturated heterocycles. The van der Waals surface area contributed by atoms with Gasteiger partial charge >= 0.3 is 0 Å². The van der Waals surface area contributed by atoms with Gasteiger partial charge in [-0.2, -0.15) is 0 Å². The van der Waals surface area contributed by atoms with Crippen LogP contribution in [-0.2, 0) is 14.3 Å². The third-order valence-electron chi connectivity index (χ3n) is 9.49. The zero-order valence-corrected chi connectivity index (χ0v) is 20.3. The maximum Gasteiger partial charge on any atom is 0.248 e. The van der Waals surface area contributed by atoms with Crippen molar-refractivity contribution in [2.45, 2.75) is 109 Å². The minimum Gasteiger partial charge on any atom is -0.365 e. The van der Waals surface area contributed by atoms with Gasteiger partial charge in [-0.05, 0) is 63.2 Å². The van der Waals surface area contributed by atoms with E-state index >= 15 is 0 Å². The van der Waals surface area contributed by atoms with Gasteiger partial charge in [0.05, 0.1) is 18.7 Å². The summed E-state index contributed by atoms with van der Waals surface area (Å²) < 4.78 is 6.31. The van der Waals surface area contributed by atoms with Gasteiger partial charge in [0.15, 0.2) is 0 Å². The molecule has 2 aliphatic carbocycles. The predicted molar refractivity (Wildman–Crippen MR) is 123 cm³/mol. The van der Waals surface area contributed by atoms with E-state index in [0.717, 1.165) is 38.6 Å². The summed E-state index contributed by atoms with van der Waals surface area (Å²) in [4.78, 5) is 28.6. The van der Waals surface area contributed by atoms with Crippen LogP contribution in [0.1, 0.15) is 78.6 Å². The van der Waals surface area contributed by atoms with Crippen LogP contribution < -0.4 is 10.6 Å². The van der Waals surface area contributed by atoms with Gasteiger partial charge in [-0.3, -0.25) is 9.59 Å². The number of nitrogens with zero attached hydrogens (tertiary/aromatic N) is 1. The highest BCUT2D eigenvalue weighted by Gasteiger charge is 2.63. The van der Waals surface area contributed by atoms with E-state index < -0.39 is 6.10 Å². The van der Waals surface area contributed by atoms with Crippen LogP contribution >= 0.6 is 0 Å². The van der Waals surface area contributed by atoms with Crippen LogP contribution in [0.3, 0.4) is 0 Å². The number of nitrogens with two attached hydrogens (primary N) is 1. The lowest BCUT2D eigenvalue weighted by Gasteiger charge is -2.50. The third-order valence-corrected chi connectivity index (χ3v) is 9.49. The van der Waals surface area contributed by atoms with E-state index in [1.54, 1.807) is 0 Å². The highest BCUT2D eigenvalue weighted by molar-refractivity contribution is 5.82. The minimum absolute atomic E-state index is 0.0169. The molecule has 5 fully saturated rings. The summed E-state index contributed by atoms with van der Waals surface area (Å²) in [5.74, 6) is 3.15. The molecule has 0 radical (unpaired) electrons. The van der Waals surface area contributed by atoms with Crippen molar-refractivity contribution in [2.24, 2.45) is 29.6 Å². The van der Waals surface area contributed by atoms with Crippen molar-refractivity contribution in [3.63, 3.8) is 0 Å². The average Bonchev–Trinajstić information content (AvgIpc) is 3.12. The van der Waals surface area contributed by atoms with E-state index in [1.807, 2.05) is 6.92 Å². The Labute approximate surface area is 193 Å². The molecule has 6 nitrogen and oxygen atoms in total. The molecule has 8 unspecified atom stereocenters. The number of rotatable bonds is 6. The monoisotopic (exact) mass is 446 g/mol. The number of hydrogen-bond donors (Lipinski definition) is 2. The molecule has 32 heavy (non-hydrogen) atoms. The number of piperidine rings is 2. The van der Waals surface area contributed by atoms with E-state index in [9.17, 15) is 9.59 Å². The van der Waals surface area contributed by atoms with Crippen LogP contribution in [0.25, 0.3) is 0 Å². The molecule has 180 valence electrons. The molecule has 2 saturated carbocycles. The first-order valence-corrected chi connectivity index (χ1v) is 13.5. The van der Waals surface area contributed by atoms with Gasteiger partial charge in [0.1, 0.15) is 12.1 Å². The highest BCUT2D eigenvalue weighted by atomic mass is 16.5. The first-order valence-electron chi connectivity index (χ1n) is 13.5. The van der Waals surface area contributed by atoms with Gasteiger partial charge in [-0.1, -0.05) is 26.7 Å². The zero-order valence-electron chi connectivity index (χ0n) is 20.3. The Hall–Kier alpha value is -1.14. The Morgan fingerprint density at radius 1 is 1.09 bits per heavy atom. The molecule has 6 heteroatoms. The molecule has 5 aliphatic rings. The van der Waals surface area contributed by atoms with Crippen LogP contribution in [0, 0.1) is 29.6 Å². The molecular weight excluding hydrogens is 402 g/mol. The first-order chi connectivity index (χ1) is 15.5. The molecule has 0 aromatic heterocycles. The Morgan fingerprint density at radius 3 is 2.72 bits per heavy atom. The van der Waals surface area contributed by atoms with Gasteiger partial charge in [0.25, 0.3) is 0 Å². The van der Waals surface area contributed by atoms with E-state index in [-0.39, 0.29) is 17.9 Å². The van der Waals surface area contributed by atoms with E-state index in [0.29, 0.717) is 47.7 Å². The number of carbonyl (C=O) groups is 2. The van der Waals surface area contributed by atoms with Gasteiger partial charge in [-0.15, -0.1) is 0 Å². The quantitative estimate of drug-likeness (QED) is 0.656. The number of ether oxygens (including phenoxy) is 1. The second kappa shape index (κ2) is 9.25. The van der Waals surface area contributed by atoms with Crippen LogP contribution in [0.5, 0.6) is 0 Å². The van der Waals surface area contributed by atoms with Crippen LogP contribution in [0.15, 0.2) is 0 Å². The number of carbonyl (C=O) groups excluding carboxylic acids is 2. The fraction of sp³-hybridized carbons (Fsp3) is 0.923. The van der Waals surface area contributed by atoms with Crippen molar-refractivity contribution < 1.29 is 19.6 Å². The molecule has 0 aromatic carbocycles. The van der Waals surface area contributed by atoms with Crippen LogP contribution in [0.2, 0.25) is 0 Å². The fourth-order valence-corrected chi connectivity index (χ4v) is 8.07. The summed E-state index contributed by atoms with van der Waals surface area (Å²) in [6, 6.07) is 1.47. The lowest BCUT2D eigenvalue weighted by atomic mass is 9.66. The second-order valence-corrected chi connectivity index (χ2v) is 11.8. The standard InChI is InChI=1S/C26H43N3O3/c1-15(2)10-12-28-25(30)16(3)32-17-8-9-22-21(14-17)19-11-13-27-23-18-6-4-5-7-20(18)26(31)29(22)24(19)23/h15-24,27H,4-14H2,1-3H3,(H,28,30)/p+1/t16-,17?,18?,19?,20?,21?,22?,23?,24?/m1/s1. The van der Waals surface area contributed by atoms with E-state index in [2.05, 4.69) is 29.4 Å². The summed E-state index contributed by atoms with van der Waals surface area (Å²) in [7, 11) is 0. The predicted octanol–water partition coefficient (Wildman–Crippen LogP) is 2.07. The van der Waals surface area contributed by atoms with E-state index in [1.165, 1.54) is 32.2 Å². The van der Waals surface area contributed by atoms with Crippen molar-refractivity contribution in [3.8, 4) is 0 Å². The third kappa shape index (κ3) is 4.00. The Balaban J connectivity index is 1.25. The van der Waals surface area contributed by atoms with Crippen molar-refractivity contribution in [3.05, 3.63) is 0 Å². The fourth-order valence-electron chi connectivity index (χ4n) is 8.07. The number of amides is 2. The van der Waals surface area contributed by atoms with Crippen molar-refractivity contribution >= 4 is 11.8 Å². The highest BCUT2D eigenvalue weighted by Crippen LogP contribution is 2.52. The Bertz CT molecular complexity index is 712. The zero-order chi connectivity index (χ0) is 22.4. The average molecular weight is 447 g/mol. The second-order valence-electron chi connectivity index (χ2n) is 11.8. The molecule has 9 atom stereocenters. The minimum atomic E-state index is -0.398. The molecule has 0 bridgehead atoms. The van der Waals surface area contributed by atoms with Crippen molar-refractivity contribution in [1.29, 1.82) is 0 Å². The van der Waals surface area contributed by atoms with Gasteiger partial charge in [0, 0.05) is 30.8 Å². The smallest absolute Gasteiger partial charge is 0.248 e. The summed E-state index contributed by atoms with van der Waals surface area (Å²) >= 11 is 0. The molecule has 0 aromatic rings. The summed E-state index contributed by atoms with van der Waals surface area (Å²) in [5.41, 5.74) is 0. The molecular formula is C26H44N3O3+. The van der Waals surface area contributed by atoms with Crippen LogP contribution in [-0.4, -0.2) is 60.1 Å². The normalized spacial score (nSPS) is 41.6. The topological polar surface area (TPSA) is 75.2 Å².